The fourth-order valence-electron chi connectivity index (χ4n) is 8.91. The number of aliphatic hydroxyl groups is 3. The van der Waals surface area contributed by atoms with Gasteiger partial charge in [0.1, 0.15) is 0 Å². The van der Waals surface area contributed by atoms with E-state index in [0.717, 1.165) is 72.8 Å². The van der Waals surface area contributed by atoms with Crippen LogP contribution < -0.4 is 5.32 Å². The fraction of sp³-hybridized carbons (Fsp3) is 0.478. The summed E-state index contributed by atoms with van der Waals surface area (Å²) in [7, 11) is 0. The van der Waals surface area contributed by atoms with Crippen molar-refractivity contribution in [2.45, 2.75) is 115 Å². The number of nitrogens with zero attached hydrogens (tertiary/aromatic N) is 3. The van der Waals surface area contributed by atoms with Gasteiger partial charge in [0.05, 0.1) is 35.5 Å². The summed E-state index contributed by atoms with van der Waals surface area (Å²) in [6.07, 6.45) is 14.0. The molecule has 2 aromatic heterocycles. The van der Waals surface area contributed by atoms with Gasteiger partial charge in [-0.05, 0) is 136 Å². The third-order valence-corrected chi connectivity index (χ3v) is 12.0. The lowest BCUT2D eigenvalue weighted by molar-refractivity contribution is -0.152. The van der Waals surface area contributed by atoms with Crippen molar-refractivity contribution in [3.8, 4) is 0 Å². The highest BCUT2D eigenvalue weighted by Crippen LogP contribution is 2.38. The Hall–Kier alpha value is -4.48. The van der Waals surface area contributed by atoms with E-state index in [-0.39, 0.29) is 17.8 Å². The number of aromatic nitrogens is 3. The van der Waals surface area contributed by atoms with E-state index in [1.54, 1.807) is 0 Å². The number of nitrogens with one attached hydrogen (secondary N) is 2. The van der Waals surface area contributed by atoms with Gasteiger partial charge in [-0.25, -0.2) is 0 Å². The highest BCUT2D eigenvalue weighted by molar-refractivity contribution is 5.82. The molecule has 1 aliphatic heterocycles. The van der Waals surface area contributed by atoms with Crippen LogP contribution in [0.1, 0.15) is 88.5 Å². The average Bonchev–Trinajstić information content (AvgIpc) is 3.91. The van der Waals surface area contributed by atoms with Crippen molar-refractivity contribution < 1.29 is 24.9 Å². The van der Waals surface area contributed by atoms with Gasteiger partial charge in [0.25, 0.3) is 0 Å². The monoisotopic (exact) mass is 761 g/mol. The quantitative estimate of drug-likeness (QED) is 0.0346. The van der Waals surface area contributed by atoms with Gasteiger partial charge in [0, 0.05) is 42.8 Å². The lowest BCUT2D eigenvalue weighted by atomic mass is 9.85. The largest absolute Gasteiger partial charge is 0.441 e. The van der Waals surface area contributed by atoms with Gasteiger partial charge in [0.15, 0.2) is 6.23 Å². The van der Waals surface area contributed by atoms with Crippen LogP contribution in [-0.4, -0.2) is 78.4 Å². The molecule has 2 fully saturated rings. The van der Waals surface area contributed by atoms with Gasteiger partial charge in [-0.15, -0.1) is 0 Å². The number of likely N-dealkylation sites (tertiary alicyclic amines) is 1. The smallest absolute Gasteiger partial charge is 0.307 e. The Balaban J connectivity index is 0.830. The molecular weight excluding hydrogens is 703 g/mol. The summed E-state index contributed by atoms with van der Waals surface area (Å²) in [5, 5.41) is 45.1. The van der Waals surface area contributed by atoms with Gasteiger partial charge in [0.2, 0.25) is 0 Å². The molecule has 298 valence electrons. The minimum absolute atomic E-state index is 0.0338. The molecule has 0 amide bonds. The van der Waals surface area contributed by atoms with Gasteiger partial charge in [-0.1, -0.05) is 54.6 Å². The number of piperidine rings is 1. The summed E-state index contributed by atoms with van der Waals surface area (Å²) in [5.41, 5.74) is 5.68. The lowest BCUT2D eigenvalue weighted by Gasteiger charge is -2.33. The topological polar surface area (TPSA) is 136 Å². The van der Waals surface area contributed by atoms with Crippen LogP contribution in [0, 0.1) is 11.8 Å². The second-order valence-corrected chi connectivity index (χ2v) is 16.1. The fourth-order valence-corrected chi connectivity index (χ4v) is 8.91. The predicted octanol–water partition coefficient (Wildman–Crippen LogP) is 7.90. The summed E-state index contributed by atoms with van der Waals surface area (Å²) >= 11 is 0. The Morgan fingerprint density at radius 1 is 1.00 bits per heavy atom. The maximum Gasteiger partial charge on any atom is 0.307 e. The first-order valence-electron chi connectivity index (χ1n) is 20.7. The number of aromatic amines is 1. The number of carbonyl (C=O) groups excluding carboxylic acids is 1. The van der Waals surface area contributed by atoms with E-state index in [1.165, 1.54) is 11.1 Å². The summed E-state index contributed by atoms with van der Waals surface area (Å²) in [4.78, 5) is 15.4. The van der Waals surface area contributed by atoms with Crippen molar-refractivity contribution in [3.05, 3.63) is 108 Å². The van der Waals surface area contributed by atoms with E-state index < -0.39 is 24.5 Å². The van der Waals surface area contributed by atoms with Crippen LogP contribution in [0.25, 0.3) is 21.8 Å². The molecule has 1 unspecified atom stereocenters. The molecule has 1 saturated heterocycles. The van der Waals surface area contributed by atoms with Crippen molar-refractivity contribution in [2.75, 3.05) is 18.4 Å². The van der Waals surface area contributed by atoms with E-state index in [0.29, 0.717) is 51.0 Å². The molecule has 2 aliphatic rings. The molecule has 5 N–H and O–H groups in total. The Labute approximate surface area is 330 Å². The molecule has 0 bridgehead atoms. The third kappa shape index (κ3) is 10.5. The number of benzene rings is 3. The minimum atomic E-state index is -0.550. The number of carbonyl (C=O) groups is 1. The normalized spacial score (nSPS) is 22.9. The maximum atomic E-state index is 12.9. The number of hydrogen-bond acceptors (Lipinski definition) is 8. The third-order valence-electron chi connectivity index (χ3n) is 12.0. The first-order chi connectivity index (χ1) is 27.3. The van der Waals surface area contributed by atoms with Crippen LogP contribution in [0.3, 0.4) is 0 Å². The molecular formula is C46H59N5O5. The van der Waals surface area contributed by atoms with Crippen LogP contribution in [-0.2, 0) is 22.5 Å². The van der Waals surface area contributed by atoms with Crippen LogP contribution >= 0.6 is 0 Å². The van der Waals surface area contributed by atoms with Crippen LogP contribution in [0.5, 0.6) is 0 Å². The zero-order valence-corrected chi connectivity index (χ0v) is 32.7. The summed E-state index contributed by atoms with van der Waals surface area (Å²) < 4.78 is 7.94. The molecule has 0 spiro atoms. The number of unbranched alkanes of at least 4 members (excludes halogenated alkanes) is 1. The number of allylic oxidation sites excluding steroid dienone is 2. The SMILES string of the molecule is CC(OC(=O)CCC/C=C\C[C@@H]1[C@@H](CC[C@@H](O)CCc2ccccc2)[C@H](O)C[C@@H]1O)n1ccc2ccc(CN3CCC[C@@H](Nc4ccc5[nH]ncc5c4)C3)cc21. The Bertz CT molecular complexity index is 2030. The predicted molar refractivity (Wildman–Crippen MR) is 222 cm³/mol. The molecule has 3 heterocycles. The molecule has 1 aliphatic carbocycles. The molecule has 7 rings (SSSR count). The first kappa shape index (κ1) is 39.7. The summed E-state index contributed by atoms with van der Waals surface area (Å²) in [6.45, 7) is 4.82. The van der Waals surface area contributed by atoms with Gasteiger partial charge >= 0.3 is 5.97 Å². The highest BCUT2D eigenvalue weighted by atomic mass is 16.6. The molecule has 0 radical (unpaired) electrons. The highest BCUT2D eigenvalue weighted by Gasteiger charge is 2.40. The van der Waals surface area contributed by atoms with E-state index in [9.17, 15) is 20.1 Å². The number of aryl methyl sites for hydroxylation is 1. The number of ether oxygens (including phenoxy) is 1. The van der Waals surface area contributed by atoms with E-state index >= 15 is 0 Å². The standard InChI is InChI=1S/C46H59N5O5/c1-32(56-46(55)14-8-3-2-7-13-40-41(45(54)28-44(40)53)21-20-39(52)19-16-33-10-5-4-6-11-33)51-25-23-35-17-15-34(26-43(35)51)30-50-24-9-12-38(31-50)48-37-18-22-42-36(27-37)29-47-49-42/h2,4-7,10-11,15,17-18,22-23,25-27,29,32,38-41,44-45,48,52-54H,3,8-9,12-14,16,19-21,24,28,30-31H2,1H3,(H,47,49)/b7-2-/t32?,38-,39+,40-,41-,44+,45-/m1/s1. The van der Waals surface area contributed by atoms with Crippen molar-refractivity contribution >= 4 is 33.5 Å². The minimum Gasteiger partial charge on any atom is -0.441 e. The Morgan fingerprint density at radius 2 is 1.86 bits per heavy atom. The molecule has 56 heavy (non-hydrogen) atoms. The number of fused-ring (bicyclic) bond motifs is 2. The van der Waals surface area contributed by atoms with Gasteiger partial charge in [-0.2, -0.15) is 5.10 Å². The van der Waals surface area contributed by atoms with Crippen molar-refractivity contribution in [3.63, 3.8) is 0 Å². The Kier molecular flexibility index (Phi) is 13.6. The Morgan fingerprint density at radius 3 is 2.73 bits per heavy atom. The maximum absolute atomic E-state index is 12.9. The van der Waals surface area contributed by atoms with Crippen molar-refractivity contribution in [2.24, 2.45) is 11.8 Å². The van der Waals surface area contributed by atoms with Gasteiger partial charge in [-0.3, -0.25) is 14.8 Å². The van der Waals surface area contributed by atoms with E-state index in [4.69, 9.17) is 4.74 Å². The second-order valence-electron chi connectivity index (χ2n) is 16.1. The number of hydrogen-bond donors (Lipinski definition) is 5. The van der Waals surface area contributed by atoms with E-state index in [1.807, 2.05) is 42.1 Å². The lowest BCUT2D eigenvalue weighted by Crippen LogP contribution is -2.41. The molecule has 10 nitrogen and oxygen atoms in total. The van der Waals surface area contributed by atoms with Crippen LogP contribution in [0.4, 0.5) is 5.69 Å². The molecule has 5 aromatic rings. The van der Waals surface area contributed by atoms with Crippen molar-refractivity contribution in [1.82, 2.24) is 19.7 Å². The van der Waals surface area contributed by atoms with E-state index in [2.05, 4.69) is 87.2 Å². The first-order valence-corrected chi connectivity index (χ1v) is 20.7. The molecule has 1 saturated carbocycles. The average molecular weight is 762 g/mol. The molecule has 7 atom stereocenters. The number of anilines is 1. The number of aliphatic hydroxyl groups excluding tert-OH is 3. The number of esters is 1. The summed E-state index contributed by atoms with van der Waals surface area (Å²) in [5.74, 6) is -0.288. The van der Waals surface area contributed by atoms with Crippen LogP contribution in [0.15, 0.2) is 97.3 Å². The zero-order chi connectivity index (χ0) is 38.9. The second kappa shape index (κ2) is 19.1. The van der Waals surface area contributed by atoms with Crippen molar-refractivity contribution in [1.29, 1.82) is 0 Å². The number of H-pyrrole nitrogens is 1. The zero-order valence-electron chi connectivity index (χ0n) is 32.7. The molecule has 10 heteroatoms. The summed E-state index contributed by atoms with van der Waals surface area (Å²) in [6, 6.07) is 25.6. The number of rotatable bonds is 18. The molecule has 3 aromatic carbocycles. The van der Waals surface area contributed by atoms with Crippen LogP contribution in [0.2, 0.25) is 0 Å². The van der Waals surface area contributed by atoms with Gasteiger partial charge < -0.3 is 29.9 Å².